The van der Waals surface area contributed by atoms with Crippen LogP contribution in [0.2, 0.25) is 0 Å². The number of phenolic OH excluding ortho intramolecular Hbond substituents is 1. The number of nitrogens with one attached hydrogen (secondary N) is 1. The molecule has 70 valence electrons. The Kier molecular flexibility index (Phi) is 2.23. The zero-order valence-electron chi connectivity index (χ0n) is 7.88. The van der Waals surface area contributed by atoms with Crippen LogP contribution in [0, 0.1) is 0 Å². The summed E-state index contributed by atoms with van der Waals surface area (Å²) in [4.78, 5) is 0. The molecule has 1 aromatic rings. The molecule has 0 amide bonds. The molecule has 1 atom stereocenters. The number of hydrogen-bond acceptors (Lipinski definition) is 2. The predicted octanol–water partition coefficient (Wildman–Crippen LogP) is 1.99. The second-order valence-corrected chi connectivity index (χ2v) is 3.53. The maximum Gasteiger partial charge on any atom is 0.115 e. The molecular formula is C11H15NO. The molecule has 0 unspecified atom stereocenters. The molecule has 0 bridgehead atoms. The summed E-state index contributed by atoms with van der Waals surface area (Å²) >= 11 is 0. The lowest BCUT2D eigenvalue weighted by atomic mass is 9.92. The fraction of sp³-hybridized carbons (Fsp3) is 0.455. The van der Waals surface area contributed by atoms with Crippen molar-refractivity contribution >= 4 is 0 Å². The van der Waals surface area contributed by atoms with Gasteiger partial charge in [0.05, 0.1) is 0 Å². The topological polar surface area (TPSA) is 32.3 Å². The molecule has 2 N–H and O–H groups in total. The van der Waals surface area contributed by atoms with Crippen LogP contribution in [0.15, 0.2) is 18.2 Å². The Morgan fingerprint density at radius 3 is 2.85 bits per heavy atom. The summed E-state index contributed by atoms with van der Waals surface area (Å²) in [5, 5.41) is 12.7. The largest absolute Gasteiger partial charge is 0.508 e. The normalized spacial score (nSPS) is 21.2. The van der Waals surface area contributed by atoms with Gasteiger partial charge in [-0.15, -0.1) is 0 Å². The van der Waals surface area contributed by atoms with Gasteiger partial charge < -0.3 is 10.4 Å². The number of benzene rings is 1. The molecule has 0 spiro atoms. The fourth-order valence-electron chi connectivity index (χ4n) is 1.79. The van der Waals surface area contributed by atoms with E-state index in [-0.39, 0.29) is 0 Å². The van der Waals surface area contributed by atoms with E-state index in [1.165, 1.54) is 17.5 Å². The number of aromatic hydroxyl groups is 1. The second-order valence-electron chi connectivity index (χ2n) is 3.53. The molecule has 1 saturated heterocycles. The van der Waals surface area contributed by atoms with E-state index in [1.54, 1.807) is 6.07 Å². The van der Waals surface area contributed by atoms with Crippen molar-refractivity contribution < 1.29 is 5.11 Å². The van der Waals surface area contributed by atoms with Crippen LogP contribution >= 0.6 is 0 Å². The van der Waals surface area contributed by atoms with Gasteiger partial charge in [-0.05, 0) is 42.6 Å². The lowest BCUT2D eigenvalue weighted by molar-refractivity contribution is 0.380. The number of hydrogen-bond donors (Lipinski definition) is 2. The Hall–Kier alpha value is -1.02. The van der Waals surface area contributed by atoms with Crippen LogP contribution in [0.25, 0.3) is 0 Å². The van der Waals surface area contributed by atoms with E-state index < -0.39 is 0 Å². The van der Waals surface area contributed by atoms with Crippen LogP contribution in [0.4, 0.5) is 0 Å². The van der Waals surface area contributed by atoms with Gasteiger partial charge in [0, 0.05) is 6.04 Å². The van der Waals surface area contributed by atoms with Gasteiger partial charge in [0.2, 0.25) is 0 Å². The lowest BCUT2D eigenvalue weighted by Crippen LogP contribution is -2.35. The summed E-state index contributed by atoms with van der Waals surface area (Å²) in [5.41, 5.74) is 2.61. The van der Waals surface area contributed by atoms with Crippen molar-refractivity contribution in [2.24, 2.45) is 0 Å². The molecule has 1 heterocycles. The first-order chi connectivity index (χ1) is 6.31. The van der Waals surface area contributed by atoms with E-state index in [1.807, 2.05) is 12.1 Å². The zero-order chi connectivity index (χ0) is 9.26. The van der Waals surface area contributed by atoms with Gasteiger partial charge in [0.1, 0.15) is 5.75 Å². The molecule has 2 nitrogen and oxygen atoms in total. The highest BCUT2D eigenvalue weighted by Gasteiger charge is 2.20. The van der Waals surface area contributed by atoms with E-state index in [0.29, 0.717) is 11.8 Å². The van der Waals surface area contributed by atoms with Gasteiger partial charge in [0.15, 0.2) is 0 Å². The minimum atomic E-state index is 0.375. The minimum Gasteiger partial charge on any atom is -0.508 e. The molecule has 2 rings (SSSR count). The maximum atomic E-state index is 9.32. The maximum absolute atomic E-state index is 9.32. The smallest absolute Gasteiger partial charge is 0.115 e. The van der Waals surface area contributed by atoms with E-state index in [9.17, 15) is 5.11 Å². The molecule has 0 saturated carbocycles. The minimum absolute atomic E-state index is 0.375. The van der Waals surface area contributed by atoms with Gasteiger partial charge >= 0.3 is 0 Å². The van der Waals surface area contributed by atoms with Crippen LogP contribution < -0.4 is 5.32 Å². The molecule has 1 aliphatic heterocycles. The molecule has 1 aromatic carbocycles. The summed E-state index contributed by atoms with van der Waals surface area (Å²) in [5.74, 6) is 0.375. The molecule has 1 fully saturated rings. The predicted molar refractivity (Wildman–Crippen MR) is 52.8 cm³/mol. The van der Waals surface area contributed by atoms with E-state index in [0.717, 1.165) is 13.0 Å². The van der Waals surface area contributed by atoms with Crippen LogP contribution in [0.5, 0.6) is 5.75 Å². The average molecular weight is 177 g/mol. The molecule has 2 heteroatoms. The third-order valence-corrected chi connectivity index (χ3v) is 2.71. The summed E-state index contributed by atoms with van der Waals surface area (Å²) in [6, 6.07) is 6.20. The van der Waals surface area contributed by atoms with Crippen LogP contribution in [0.1, 0.15) is 30.5 Å². The average Bonchev–Trinajstić information content (AvgIpc) is 2.05. The molecule has 0 aliphatic carbocycles. The van der Waals surface area contributed by atoms with Crippen molar-refractivity contribution in [1.82, 2.24) is 5.32 Å². The quantitative estimate of drug-likeness (QED) is 0.724. The van der Waals surface area contributed by atoms with Gasteiger partial charge in [-0.3, -0.25) is 0 Å². The summed E-state index contributed by atoms with van der Waals surface area (Å²) in [7, 11) is 0. The SMILES string of the molecule is CCc1cc(O)ccc1[C@H]1CCN1. The summed E-state index contributed by atoms with van der Waals surface area (Å²) < 4.78 is 0. The van der Waals surface area contributed by atoms with Crippen molar-refractivity contribution in [3.63, 3.8) is 0 Å². The van der Waals surface area contributed by atoms with Crippen molar-refractivity contribution in [3.05, 3.63) is 29.3 Å². The number of phenols is 1. The fourth-order valence-corrected chi connectivity index (χ4v) is 1.79. The van der Waals surface area contributed by atoms with Gasteiger partial charge in [-0.25, -0.2) is 0 Å². The van der Waals surface area contributed by atoms with Crippen LogP contribution in [-0.2, 0) is 6.42 Å². The van der Waals surface area contributed by atoms with Crippen molar-refractivity contribution in [2.45, 2.75) is 25.8 Å². The molecular weight excluding hydrogens is 162 g/mol. The van der Waals surface area contributed by atoms with Gasteiger partial charge in [-0.1, -0.05) is 13.0 Å². The first-order valence-corrected chi connectivity index (χ1v) is 4.86. The van der Waals surface area contributed by atoms with E-state index in [4.69, 9.17) is 0 Å². The standard InChI is InChI=1S/C11H15NO/c1-2-8-7-9(13)3-4-10(8)11-5-6-12-11/h3-4,7,11-13H,2,5-6H2,1H3/t11-/m1/s1. The molecule has 1 aliphatic rings. The Bertz CT molecular complexity index is 305. The van der Waals surface area contributed by atoms with Gasteiger partial charge in [-0.2, -0.15) is 0 Å². The first kappa shape index (κ1) is 8.57. The molecule has 0 radical (unpaired) electrons. The lowest BCUT2D eigenvalue weighted by Gasteiger charge is -2.29. The van der Waals surface area contributed by atoms with Crippen molar-refractivity contribution in [1.29, 1.82) is 0 Å². The highest BCUT2D eigenvalue weighted by atomic mass is 16.3. The van der Waals surface area contributed by atoms with Crippen LogP contribution in [-0.4, -0.2) is 11.7 Å². The van der Waals surface area contributed by atoms with Gasteiger partial charge in [0.25, 0.3) is 0 Å². The monoisotopic (exact) mass is 177 g/mol. The Balaban J connectivity index is 2.32. The van der Waals surface area contributed by atoms with E-state index in [2.05, 4.69) is 12.2 Å². The van der Waals surface area contributed by atoms with Crippen LogP contribution in [0.3, 0.4) is 0 Å². The third-order valence-electron chi connectivity index (χ3n) is 2.71. The highest BCUT2D eigenvalue weighted by molar-refractivity contribution is 5.37. The van der Waals surface area contributed by atoms with Crippen molar-refractivity contribution in [3.8, 4) is 5.75 Å². The molecule has 0 aromatic heterocycles. The third kappa shape index (κ3) is 1.54. The van der Waals surface area contributed by atoms with Crippen molar-refractivity contribution in [2.75, 3.05) is 6.54 Å². The first-order valence-electron chi connectivity index (χ1n) is 4.86. The Morgan fingerprint density at radius 1 is 1.54 bits per heavy atom. The molecule has 13 heavy (non-hydrogen) atoms. The summed E-state index contributed by atoms with van der Waals surface area (Å²) in [6.07, 6.45) is 2.21. The summed E-state index contributed by atoms with van der Waals surface area (Å²) in [6.45, 7) is 3.24. The second kappa shape index (κ2) is 3.38. The Labute approximate surface area is 78.6 Å². The highest BCUT2D eigenvalue weighted by Crippen LogP contribution is 2.28. The zero-order valence-corrected chi connectivity index (χ0v) is 7.88. The van der Waals surface area contributed by atoms with E-state index >= 15 is 0 Å². The number of aryl methyl sites for hydroxylation is 1. The number of rotatable bonds is 2. The Morgan fingerprint density at radius 2 is 2.31 bits per heavy atom.